The Kier molecular flexibility index (Phi) is 6.65. The minimum Gasteiger partial charge on any atom is -0.391 e. The Labute approximate surface area is 222 Å². The topological polar surface area (TPSA) is 121 Å². The third-order valence-corrected chi connectivity index (χ3v) is 7.57. The van der Waals surface area contributed by atoms with Gasteiger partial charge in [0.05, 0.1) is 17.8 Å². The smallest absolute Gasteiger partial charge is 0.277 e. The molecular weight excluding hydrogens is 482 g/mol. The fourth-order valence-corrected chi connectivity index (χ4v) is 5.45. The number of nitrogens with one attached hydrogen (secondary N) is 1. The number of aryl methyl sites for hydroxylation is 2. The summed E-state index contributed by atoms with van der Waals surface area (Å²) < 4.78 is 5.45. The molecule has 4 heterocycles. The first-order valence-electron chi connectivity index (χ1n) is 12.9. The van der Waals surface area contributed by atoms with Crippen LogP contribution in [-0.4, -0.2) is 56.5 Å². The van der Waals surface area contributed by atoms with Crippen molar-refractivity contribution in [1.82, 2.24) is 20.4 Å². The largest absolute Gasteiger partial charge is 0.391 e. The van der Waals surface area contributed by atoms with E-state index in [1.54, 1.807) is 24.1 Å². The number of hydrogen-bond donors (Lipinski definition) is 2. The summed E-state index contributed by atoms with van der Waals surface area (Å²) in [6, 6.07) is 12.9. The zero-order valence-electron chi connectivity index (χ0n) is 22.3. The van der Waals surface area contributed by atoms with E-state index in [1.807, 2.05) is 64.1 Å². The van der Waals surface area contributed by atoms with Gasteiger partial charge in [-0.2, -0.15) is 4.99 Å². The maximum atomic E-state index is 13.8. The lowest BCUT2D eigenvalue weighted by atomic mass is 9.90. The van der Waals surface area contributed by atoms with Crippen LogP contribution in [0.1, 0.15) is 55.8 Å². The maximum absolute atomic E-state index is 13.8. The van der Waals surface area contributed by atoms with E-state index in [-0.39, 0.29) is 24.3 Å². The third-order valence-electron chi connectivity index (χ3n) is 7.57. The highest BCUT2D eigenvalue weighted by Gasteiger charge is 2.48. The van der Waals surface area contributed by atoms with Gasteiger partial charge in [0.1, 0.15) is 23.1 Å². The molecule has 0 bridgehead atoms. The van der Waals surface area contributed by atoms with Gasteiger partial charge >= 0.3 is 0 Å². The molecule has 38 heavy (non-hydrogen) atoms. The van der Waals surface area contributed by atoms with E-state index in [1.165, 1.54) is 0 Å². The molecule has 0 aliphatic carbocycles. The number of likely N-dealkylation sites (tertiary alicyclic amines) is 1. The number of carbonyl (C=O) groups is 2. The van der Waals surface area contributed by atoms with Crippen LogP contribution in [-0.2, 0) is 15.1 Å². The fourth-order valence-electron chi connectivity index (χ4n) is 5.45. The van der Waals surface area contributed by atoms with E-state index < -0.39 is 23.6 Å². The lowest BCUT2D eigenvalue weighted by Gasteiger charge is -2.31. The van der Waals surface area contributed by atoms with Gasteiger partial charge in [-0.25, -0.2) is 0 Å². The number of rotatable bonds is 6. The van der Waals surface area contributed by atoms with Crippen molar-refractivity contribution in [2.24, 2.45) is 10.9 Å². The molecule has 9 heteroatoms. The number of pyridine rings is 1. The van der Waals surface area contributed by atoms with Crippen LogP contribution < -0.4 is 5.32 Å². The molecule has 9 nitrogen and oxygen atoms in total. The summed E-state index contributed by atoms with van der Waals surface area (Å²) in [4.78, 5) is 37.4. The van der Waals surface area contributed by atoms with Gasteiger partial charge in [-0.1, -0.05) is 49.3 Å². The average molecular weight is 516 g/mol. The van der Waals surface area contributed by atoms with Crippen LogP contribution in [0.3, 0.4) is 0 Å². The Morgan fingerprint density at radius 1 is 1.21 bits per heavy atom. The van der Waals surface area contributed by atoms with Crippen LogP contribution >= 0.6 is 0 Å². The van der Waals surface area contributed by atoms with E-state index in [0.29, 0.717) is 23.7 Å². The van der Waals surface area contributed by atoms with Crippen molar-refractivity contribution < 1.29 is 19.2 Å². The van der Waals surface area contributed by atoms with Gasteiger partial charge in [0.2, 0.25) is 5.91 Å². The van der Waals surface area contributed by atoms with Crippen molar-refractivity contribution in [3.8, 4) is 11.1 Å². The first kappa shape index (κ1) is 25.8. The van der Waals surface area contributed by atoms with Crippen molar-refractivity contribution >= 4 is 17.6 Å². The summed E-state index contributed by atoms with van der Waals surface area (Å²) >= 11 is 0. The molecule has 198 valence electrons. The zero-order valence-corrected chi connectivity index (χ0v) is 22.3. The number of aromatic nitrogens is 2. The van der Waals surface area contributed by atoms with Gasteiger partial charge in [-0.3, -0.25) is 14.6 Å². The number of aliphatic hydroxyl groups is 1. The average Bonchev–Trinajstić information content (AvgIpc) is 3.57. The van der Waals surface area contributed by atoms with Crippen molar-refractivity contribution in [3.63, 3.8) is 0 Å². The standard InChI is InChI=1S/C29H33N5O4/c1-16(2)25(24-13-17(3)33-38-24)27(36)34-15-21(35)14-23(34)26-31-28(37)29(5,32-26)20-10-8-19(9-11-20)22-7-6-12-30-18(22)4/h6-13,16,21,23,25,35H,14-15H2,1-5H3,(H,31,32,37)/t21-,23?,25?,29?/m1/s1. The van der Waals surface area contributed by atoms with E-state index in [2.05, 4.69) is 20.4 Å². The second-order valence-electron chi connectivity index (χ2n) is 10.8. The lowest BCUT2D eigenvalue weighted by molar-refractivity contribution is -0.134. The molecule has 2 amide bonds. The van der Waals surface area contributed by atoms with E-state index >= 15 is 0 Å². The lowest BCUT2D eigenvalue weighted by Crippen LogP contribution is -2.51. The highest BCUT2D eigenvalue weighted by Crippen LogP contribution is 2.34. The van der Waals surface area contributed by atoms with E-state index in [4.69, 9.17) is 4.52 Å². The molecule has 1 saturated heterocycles. The van der Waals surface area contributed by atoms with Gasteiger partial charge in [-0.05, 0) is 43.9 Å². The number of nitrogens with zero attached hydrogens (tertiary/aromatic N) is 4. The number of β-amino-alcohol motifs (C(OH)–C–C–N with tert-alkyl or cyclic N) is 1. The Balaban J connectivity index is 1.39. The highest BCUT2D eigenvalue weighted by molar-refractivity contribution is 6.09. The molecule has 2 aliphatic rings. The Hall–Kier alpha value is -3.85. The van der Waals surface area contributed by atoms with E-state index in [9.17, 15) is 14.7 Å². The molecule has 1 fully saturated rings. The molecule has 0 saturated carbocycles. The van der Waals surface area contributed by atoms with Gasteiger partial charge in [0.15, 0.2) is 0 Å². The molecule has 0 spiro atoms. The fraction of sp³-hybridized carbons (Fsp3) is 0.414. The van der Waals surface area contributed by atoms with Gasteiger partial charge < -0.3 is 19.8 Å². The first-order valence-corrected chi connectivity index (χ1v) is 12.9. The molecule has 3 unspecified atom stereocenters. The molecule has 4 atom stereocenters. The first-order chi connectivity index (χ1) is 18.1. The molecule has 3 aromatic rings. The van der Waals surface area contributed by atoms with Crippen LogP contribution in [0.2, 0.25) is 0 Å². The Bertz CT molecular complexity index is 1400. The minimum atomic E-state index is -1.08. The number of aliphatic hydroxyl groups excluding tert-OH is 1. The maximum Gasteiger partial charge on any atom is 0.277 e. The molecule has 2 aliphatic heterocycles. The predicted molar refractivity (Wildman–Crippen MR) is 142 cm³/mol. The van der Waals surface area contributed by atoms with E-state index in [0.717, 1.165) is 22.4 Å². The molecule has 0 radical (unpaired) electrons. The van der Waals surface area contributed by atoms with Gasteiger partial charge in [-0.15, -0.1) is 0 Å². The van der Waals surface area contributed by atoms with Crippen molar-refractivity contribution in [2.45, 2.75) is 64.6 Å². The van der Waals surface area contributed by atoms with Crippen LogP contribution in [0.25, 0.3) is 11.1 Å². The van der Waals surface area contributed by atoms with Gasteiger partial charge in [0, 0.05) is 36.5 Å². The summed E-state index contributed by atoms with van der Waals surface area (Å²) in [7, 11) is 0. The number of amidine groups is 1. The summed E-state index contributed by atoms with van der Waals surface area (Å²) in [6.07, 6.45) is 1.33. The van der Waals surface area contributed by atoms with Crippen LogP contribution in [0.5, 0.6) is 0 Å². The summed E-state index contributed by atoms with van der Waals surface area (Å²) in [5.74, 6) is -0.242. The second-order valence-corrected chi connectivity index (χ2v) is 10.8. The SMILES string of the molecule is Cc1cc(C(C(=O)N2C[C@H](O)CC2C2=NC(=O)C(C)(c3ccc(-c4cccnc4C)cc3)N2)C(C)C)on1. The number of benzene rings is 1. The number of carbonyl (C=O) groups excluding carboxylic acids is 2. The van der Waals surface area contributed by atoms with Crippen molar-refractivity contribution in [3.05, 3.63) is 71.4 Å². The molecule has 2 N–H and O–H groups in total. The molecule has 5 rings (SSSR count). The second kappa shape index (κ2) is 9.79. The summed E-state index contributed by atoms with van der Waals surface area (Å²) in [5.41, 5.74) is 3.34. The predicted octanol–water partition coefficient (Wildman–Crippen LogP) is 3.50. The summed E-state index contributed by atoms with van der Waals surface area (Å²) in [5, 5.41) is 17.8. The normalized spacial score (nSPS) is 24.0. The summed E-state index contributed by atoms with van der Waals surface area (Å²) in [6.45, 7) is 9.62. The number of hydrogen-bond acceptors (Lipinski definition) is 7. The number of aliphatic imine (C=N–C) groups is 1. The van der Waals surface area contributed by atoms with Gasteiger partial charge in [0.25, 0.3) is 5.91 Å². The molecule has 2 aromatic heterocycles. The third kappa shape index (κ3) is 4.51. The zero-order chi connectivity index (χ0) is 27.2. The van der Waals surface area contributed by atoms with Crippen molar-refractivity contribution in [2.75, 3.05) is 6.54 Å². The highest BCUT2D eigenvalue weighted by atomic mass is 16.5. The van der Waals surface area contributed by atoms with Crippen LogP contribution in [0, 0.1) is 19.8 Å². The van der Waals surface area contributed by atoms with Crippen LogP contribution in [0.15, 0.2) is 58.2 Å². The Morgan fingerprint density at radius 2 is 1.95 bits per heavy atom. The number of amides is 2. The van der Waals surface area contributed by atoms with Crippen LogP contribution in [0.4, 0.5) is 0 Å². The minimum absolute atomic E-state index is 0.0550. The monoisotopic (exact) mass is 515 g/mol. The molecular formula is C29H33N5O4. The molecule has 1 aromatic carbocycles. The quantitative estimate of drug-likeness (QED) is 0.515. The Morgan fingerprint density at radius 3 is 2.58 bits per heavy atom. The van der Waals surface area contributed by atoms with Crippen molar-refractivity contribution in [1.29, 1.82) is 0 Å².